The average Bonchev–Trinajstić information content (AvgIpc) is 3.30. The van der Waals surface area contributed by atoms with Gasteiger partial charge in [-0.25, -0.2) is 4.98 Å². The number of hydrogen-bond donors (Lipinski definition) is 1. The fourth-order valence-electron chi connectivity index (χ4n) is 4.58. The van der Waals surface area contributed by atoms with Crippen molar-refractivity contribution in [2.24, 2.45) is 16.1 Å². The number of hydrogen-bond acceptors (Lipinski definition) is 6. The molecule has 3 aromatic heterocycles. The minimum absolute atomic E-state index is 0.0195. The van der Waals surface area contributed by atoms with Gasteiger partial charge in [-0.05, 0) is 43.2 Å². The van der Waals surface area contributed by atoms with E-state index in [0.29, 0.717) is 17.8 Å². The van der Waals surface area contributed by atoms with Gasteiger partial charge in [0, 0.05) is 16.8 Å². The average molecular weight is 464 g/mol. The molecule has 33 heavy (non-hydrogen) atoms. The lowest BCUT2D eigenvalue weighted by Crippen LogP contribution is -2.24. The Morgan fingerprint density at radius 2 is 2.15 bits per heavy atom. The number of carbonyl (C=O) groups is 1. The predicted octanol–water partition coefficient (Wildman–Crippen LogP) is 4.96. The summed E-state index contributed by atoms with van der Waals surface area (Å²) in [6.45, 7) is 4.62. The van der Waals surface area contributed by atoms with Crippen molar-refractivity contribution in [3.8, 4) is 5.88 Å². The Bertz CT molecular complexity index is 1460. The van der Waals surface area contributed by atoms with Gasteiger partial charge in [-0.1, -0.05) is 32.0 Å². The number of aromatic nitrogens is 3. The van der Waals surface area contributed by atoms with Crippen LogP contribution in [-0.4, -0.2) is 25.1 Å². The number of benzene rings is 1. The van der Waals surface area contributed by atoms with Gasteiger partial charge in [0.15, 0.2) is 5.69 Å². The molecule has 9 heteroatoms. The first-order valence-electron chi connectivity index (χ1n) is 11.2. The van der Waals surface area contributed by atoms with Crippen molar-refractivity contribution >= 4 is 44.1 Å². The number of para-hydroxylation sites is 1. The van der Waals surface area contributed by atoms with Crippen LogP contribution in [-0.2, 0) is 30.7 Å². The van der Waals surface area contributed by atoms with Gasteiger partial charge in [0.2, 0.25) is 5.88 Å². The Morgan fingerprint density at radius 1 is 1.33 bits per heavy atom. The van der Waals surface area contributed by atoms with Crippen LogP contribution in [0.1, 0.15) is 37.1 Å². The summed E-state index contributed by atoms with van der Waals surface area (Å²) in [7, 11) is 0. The highest BCUT2D eigenvalue weighted by molar-refractivity contribution is 7.18. The van der Waals surface area contributed by atoms with Crippen molar-refractivity contribution < 1.29 is 9.90 Å². The number of thiophene rings is 1. The molecule has 0 aliphatic heterocycles. The first-order chi connectivity index (χ1) is 16.0. The highest BCUT2D eigenvalue weighted by Crippen LogP contribution is 2.39. The molecule has 170 valence electrons. The van der Waals surface area contributed by atoms with E-state index in [1.165, 1.54) is 15.8 Å². The molecule has 1 unspecified atom stereocenters. The summed E-state index contributed by atoms with van der Waals surface area (Å²) in [4.78, 5) is 32.1. The quantitative estimate of drug-likeness (QED) is 0.422. The first-order valence-corrected chi connectivity index (χ1v) is 12.0. The number of aryl methyl sites for hydroxylation is 2. The van der Waals surface area contributed by atoms with E-state index in [0.717, 1.165) is 47.0 Å². The molecule has 1 atom stereocenters. The molecule has 1 aromatic carbocycles. The number of rotatable bonds is 5. The van der Waals surface area contributed by atoms with Crippen molar-refractivity contribution in [1.82, 2.24) is 14.1 Å². The standard InChI is InChI=1S/C24H25N5O3S/c1-3-10-29-17-7-5-4-6-15(17)21(24(29)32)27-26-19(30)12-28-13-25-22-20(23(28)31)16-9-8-14(2)11-18(16)33-22/h4-7,13-14,32H,3,8-12H2,1-2H3. The first kappa shape index (κ1) is 21.5. The van der Waals surface area contributed by atoms with Crippen LogP contribution in [0.5, 0.6) is 5.88 Å². The Balaban J connectivity index is 1.44. The van der Waals surface area contributed by atoms with Crippen LogP contribution >= 0.6 is 11.3 Å². The van der Waals surface area contributed by atoms with Gasteiger partial charge in [-0.2, -0.15) is 0 Å². The fourth-order valence-corrected chi connectivity index (χ4v) is 5.92. The van der Waals surface area contributed by atoms with Crippen LogP contribution in [0.3, 0.4) is 0 Å². The monoisotopic (exact) mass is 463 g/mol. The third kappa shape index (κ3) is 3.76. The Labute approximate surface area is 194 Å². The normalized spacial score (nSPS) is 16.1. The molecule has 5 rings (SSSR count). The molecule has 1 aliphatic carbocycles. The molecule has 0 radical (unpaired) electrons. The molecule has 0 bridgehead atoms. The molecule has 4 aromatic rings. The maximum atomic E-state index is 13.1. The summed E-state index contributed by atoms with van der Waals surface area (Å²) >= 11 is 1.58. The van der Waals surface area contributed by atoms with Crippen molar-refractivity contribution in [2.75, 3.05) is 0 Å². The van der Waals surface area contributed by atoms with E-state index in [9.17, 15) is 14.7 Å². The van der Waals surface area contributed by atoms with E-state index < -0.39 is 5.91 Å². The zero-order valence-corrected chi connectivity index (χ0v) is 19.4. The van der Waals surface area contributed by atoms with E-state index in [1.807, 2.05) is 31.2 Å². The highest BCUT2D eigenvalue weighted by atomic mass is 32.1. The predicted molar refractivity (Wildman–Crippen MR) is 128 cm³/mol. The number of carbonyl (C=O) groups excluding carboxylic acids is 1. The maximum absolute atomic E-state index is 13.1. The third-order valence-electron chi connectivity index (χ3n) is 6.21. The largest absolute Gasteiger partial charge is 0.493 e. The third-order valence-corrected chi connectivity index (χ3v) is 7.38. The lowest BCUT2D eigenvalue weighted by atomic mass is 9.89. The number of amides is 1. The fraction of sp³-hybridized carbons (Fsp3) is 0.375. The van der Waals surface area contributed by atoms with Crippen molar-refractivity contribution in [3.63, 3.8) is 0 Å². The number of aromatic hydroxyl groups is 1. The van der Waals surface area contributed by atoms with Crippen molar-refractivity contribution in [1.29, 1.82) is 0 Å². The molecular weight excluding hydrogens is 438 g/mol. The topological polar surface area (TPSA) is 102 Å². The van der Waals surface area contributed by atoms with Crippen LogP contribution < -0.4 is 5.56 Å². The van der Waals surface area contributed by atoms with Crippen molar-refractivity contribution in [2.45, 2.75) is 52.6 Å². The molecule has 0 saturated heterocycles. The number of fused-ring (bicyclic) bond motifs is 4. The van der Waals surface area contributed by atoms with Gasteiger partial charge in [0.05, 0.1) is 17.2 Å². The molecular formula is C24H25N5O3S. The minimum atomic E-state index is -0.581. The summed E-state index contributed by atoms with van der Waals surface area (Å²) in [5.74, 6) is 0.00569. The van der Waals surface area contributed by atoms with E-state index in [4.69, 9.17) is 0 Å². The maximum Gasteiger partial charge on any atom is 0.284 e. The van der Waals surface area contributed by atoms with Crippen molar-refractivity contribution in [3.05, 3.63) is 51.4 Å². The molecule has 0 fully saturated rings. The van der Waals surface area contributed by atoms with Crippen LogP contribution in [0, 0.1) is 5.92 Å². The zero-order chi connectivity index (χ0) is 23.1. The molecule has 3 heterocycles. The van der Waals surface area contributed by atoms with Gasteiger partial charge in [-0.3, -0.25) is 14.2 Å². The van der Waals surface area contributed by atoms with E-state index in [2.05, 4.69) is 22.1 Å². The second kappa shape index (κ2) is 8.55. The van der Waals surface area contributed by atoms with E-state index in [-0.39, 0.29) is 23.7 Å². The van der Waals surface area contributed by atoms with Crippen LogP contribution in [0.2, 0.25) is 0 Å². The molecule has 1 aliphatic rings. The lowest BCUT2D eigenvalue weighted by molar-refractivity contribution is -0.118. The summed E-state index contributed by atoms with van der Waals surface area (Å²) in [6, 6.07) is 7.47. The van der Waals surface area contributed by atoms with E-state index >= 15 is 0 Å². The van der Waals surface area contributed by atoms with Gasteiger partial charge in [-0.15, -0.1) is 21.6 Å². The summed E-state index contributed by atoms with van der Waals surface area (Å²) in [6.07, 6.45) is 5.14. The Kier molecular flexibility index (Phi) is 5.57. The second-order valence-corrected chi connectivity index (χ2v) is 9.73. The summed E-state index contributed by atoms with van der Waals surface area (Å²) in [5.41, 5.74) is 1.97. The summed E-state index contributed by atoms with van der Waals surface area (Å²) < 4.78 is 3.06. The van der Waals surface area contributed by atoms with Gasteiger partial charge in [0.1, 0.15) is 11.4 Å². The van der Waals surface area contributed by atoms with Crippen LogP contribution in [0.15, 0.2) is 45.6 Å². The molecule has 1 N–H and O–H groups in total. The smallest absolute Gasteiger partial charge is 0.284 e. The van der Waals surface area contributed by atoms with Gasteiger partial charge in [0.25, 0.3) is 11.5 Å². The highest BCUT2D eigenvalue weighted by Gasteiger charge is 2.23. The zero-order valence-electron chi connectivity index (χ0n) is 18.6. The van der Waals surface area contributed by atoms with E-state index in [1.54, 1.807) is 15.9 Å². The lowest BCUT2D eigenvalue weighted by Gasteiger charge is -2.17. The second-order valence-electron chi connectivity index (χ2n) is 8.64. The number of azo groups is 1. The molecule has 1 amide bonds. The molecule has 0 saturated carbocycles. The summed E-state index contributed by atoms with van der Waals surface area (Å²) in [5, 5.41) is 19.9. The molecule has 0 spiro atoms. The van der Waals surface area contributed by atoms with Gasteiger partial charge >= 0.3 is 0 Å². The minimum Gasteiger partial charge on any atom is -0.493 e. The van der Waals surface area contributed by atoms with Crippen LogP contribution in [0.4, 0.5) is 5.69 Å². The Morgan fingerprint density at radius 3 is 2.97 bits per heavy atom. The molecule has 8 nitrogen and oxygen atoms in total. The van der Waals surface area contributed by atoms with Crippen LogP contribution in [0.25, 0.3) is 21.1 Å². The Hall–Kier alpha value is -3.33. The van der Waals surface area contributed by atoms with Gasteiger partial charge < -0.3 is 9.67 Å². The number of nitrogens with zero attached hydrogens (tertiary/aromatic N) is 5. The SMILES string of the molecule is CCCn1c(O)c(N=NC(=O)Cn2cnc3sc4c(c3c2=O)CCC(C)C4)c2ccccc21.